The summed E-state index contributed by atoms with van der Waals surface area (Å²) >= 11 is 0. The summed E-state index contributed by atoms with van der Waals surface area (Å²) in [6.07, 6.45) is 6.49. The van der Waals surface area contributed by atoms with E-state index in [2.05, 4.69) is 36.1 Å². The maximum Gasteiger partial charge on any atom is 0.335 e. The highest BCUT2D eigenvalue weighted by Crippen LogP contribution is 2.33. The Balaban J connectivity index is 1.80. The van der Waals surface area contributed by atoms with Crippen molar-refractivity contribution in [3.8, 4) is 0 Å². The van der Waals surface area contributed by atoms with E-state index in [0.29, 0.717) is 5.56 Å². The van der Waals surface area contributed by atoms with Gasteiger partial charge in [0.1, 0.15) is 0 Å². The number of carboxylic acids is 1. The number of unbranched alkanes of at least 4 members (excludes halogenated alkanes) is 1. The van der Waals surface area contributed by atoms with Gasteiger partial charge in [-0.2, -0.15) is 0 Å². The molecule has 3 heteroatoms. The van der Waals surface area contributed by atoms with Crippen LogP contribution in [0.2, 0.25) is 0 Å². The second-order valence-corrected chi connectivity index (χ2v) is 7.36. The summed E-state index contributed by atoms with van der Waals surface area (Å²) < 4.78 is 0. The molecule has 138 valence electrons. The van der Waals surface area contributed by atoms with Crippen molar-refractivity contribution < 1.29 is 9.90 Å². The largest absolute Gasteiger partial charge is 0.478 e. The fourth-order valence-electron chi connectivity index (χ4n) is 4.05. The van der Waals surface area contributed by atoms with Gasteiger partial charge in [0.05, 0.1) is 11.6 Å². The van der Waals surface area contributed by atoms with Crippen molar-refractivity contribution >= 4 is 5.97 Å². The first-order valence-corrected chi connectivity index (χ1v) is 9.81. The summed E-state index contributed by atoms with van der Waals surface area (Å²) in [6, 6.07) is 18.2. The molecular formula is C23H29NO2. The molecule has 0 saturated carbocycles. The fourth-order valence-corrected chi connectivity index (χ4v) is 4.05. The third-order valence-electron chi connectivity index (χ3n) is 5.57. The third-order valence-corrected chi connectivity index (χ3v) is 5.57. The number of carboxylic acid groups (broad SMARTS) is 1. The van der Waals surface area contributed by atoms with E-state index in [4.69, 9.17) is 5.11 Å². The van der Waals surface area contributed by atoms with Crippen LogP contribution in [0.15, 0.2) is 54.6 Å². The van der Waals surface area contributed by atoms with E-state index >= 15 is 0 Å². The molecule has 1 fully saturated rings. The van der Waals surface area contributed by atoms with Gasteiger partial charge in [-0.25, -0.2) is 4.79 Å². The highest BCUT2D eigenvalue weighted by Gasteiger charge is 2.27. The molecule has 26 heavy (non-hydrogen) atoms. The highest BCUT2D eigenvalue weighted by molar-refractivity contribution is 5.87. The Kier molecular flexibility index (Phi) is 6.45. The fraction of sp³-hybridized carbons (Fsp3) is 0.435. The normalized spacial score (nSPS) is 17.1. The Hall–Kier alpha value is -2.13. The molecule has 2 aromatic rings. The molecule has 0 aromatic heterocycles. The predicted octanol–water partition coefficient (Wildman–Crippen LogP) is 5.38. The molecule has 3 rings (SSSR count). The maximum atomic E-state index is 11.2. The first kappa shape index (κ1) is 18.7. The van der Waals surface area contributed by atoms with E-state index in [0.717, 1.165) is 19.0 Å². The summed E-state index contributed by atoms with van der Waals surface area (Å²) in [5, 5.41) is 9.17. The lowest BCUT2D eigenvalue weighted by Gasteiger charge is -2.38. The van der Waals surface area contributed by atoms with Gasteiger partial charge in [0.25, 0.3) is 0 Å². The monoisotopic (exact) mass is 351 g/mol. The van der Waals surface area contributed by atoms with E-state index in [1.165, 1.54) is 43.2 Å². The lowest BCUT2D eigenvalue weighted by atomic mass is 9.88. The van der Waals surface area contributed by atoms with Crippen LogP contribution in [-0.4, -0.2) is 29.1 Å². The first-order chi connectivity index (χ1) is 12.7. The number of rotatable bonds is 7. The quantitative estimate of drug-likeness (QED) is 0.728. The molecule has 1 atom stereocenters. The van der Waals surface area contributed by atoms with Crippen LogP contribution in [0.5, 0.6) is 0 Å². The second kappa shape index (κ2) is 9.00. The summed E-state index contributed by atoms with van der Waals surface area (Å²) in [6.45, 7) is 4.48. The van der Waals surface area contributed by atoms with Crippen molar-refractivity contribution in [2.45, 2.75) is 45.1 Å². The van der Waals surface area contributed by atoms with Gasteiger partial charge >= 0.3 is 5.97 Å². The number of nitrogens with zero attached hydrogens (tertiary/aromatic N) is 1. The Morgan fingerprint density at radius 3 is 2.23 bits per heavy atom. The molecular weight excluding hydrogens is 322 g/mol. The zero-order chi connectivity index (χ0) is 18.4. The maximum absolute atomic E-state index is 11.2. The van der Waals surface area contributed by atoms with Gasteiger partial charge in [-0.1, -0.05) is 68.7 Å². The Morgan fingerprint density at radius 1 is 1.04 bits per heavy atom. The van der Waals surface area contributed by atoms with Crippen LogP contribution in [0.3, 0.4) is 0 Å². The molecule has 3 nitrogen and oxygen atoms in total. The van der Waals surface area contributed by atoms with Gasteiger partial charge in [0.2, 0.25) is 0 Å². The van der Waals surface area contributed by atoms with Crippen molar-refractivity contribution in [1.29, 1.82) is 0 Å². The molecule has 1 aliphatic rings. The number of piperidine rings is 1. The van der Waals surface area contributed by atoms with Crippen LogP contribution in [-0.2, 0) is 0 Å². The number of carbonyl (C=O) groups is 1. The molecule has 0 spiro atoms. The molecule has 1 saturated heterocycles. The second-order valence-electron chi connectivity index (χ2n) is 7.36. The van der Waals surface area contributed by atoms with Crippen LogP contribution in [0.4, 0.5) is 0 Å². The number of likely N-dealkylation sites (tertiary alicyclic amines) is 1. The lowest BCUT2D eigenvalue weighted by molar-refractivity contribution is 0.0697. The van der Waals surface area contributed by atoms with Crippen LogP contribution in [0.1, 0.15) is 66.6 Å². The molecule has 1 aliphatic heterocycles. The van der Waals surface area contributed by atoms with Crippen molar-refractivity contribution in [3.63, 3.8) is 0 Å². The van der Waals surface area contributed by atoms with Crippen molar-refractivity contribution in [3.05, 3.63) is 71.3 Å². The summed E-state index contributed by atoms with van der Waals surface area (Å²) in [4.78, 5) is 13.7. The smallest absolute Gasteiger partial charge is 0.335 e. The minimum Gasteiger partial charge on any atom is -0.478 e. The zero-order valence-electron chi connectivity index (χ0n) is 15.6. The van der Waals surface area contributed by atoms with E-state index < -0.39 is 5.97 Å². The summed E-state index contributed by atoms with van der Waals surface area (Å²) in [5.74, 6) is -0.0124. The third kappa shape index (κ3) is 4.53. The Bertz CT molecular complexity index is 688. The van der Waals surface area contributed by atoms with Gasteiger partial charge in [-0.05, 0) is 55.1 Å². The summed E-state index contributed by atoms with van der Waals surface area (Å²) in [7, 11) is 0. The van der Waals surface area contributed by atoms with Gasteiger partial charge < -0.3 is 5.11 Å². The molecule has 1 N–H and O–H groups in total. The molecule has 0 radical (unpaired) electrons. The van der Waals surface area contributed by atoms with Crippen molar-refractivity contribution in [1.82, 2.24) is 4.90 Å². The number of benzene rings is 2. The molecule has 0 aliphatic carbocycles. The number of hydrogen-bond acceptors (Lipinski definition) is 2. The molecule has 1 unspecified atom stereocenters. The highest BCUT2D eigenvalue weighted by atomic mass is 16.4. The minimum absolute atomic E-state index is 0.200. The van der Waals surface area contributed by atoms with Gasteiger partial charge in [-0.15, -0.1) is 0 Å². The lowest BCUT2D eigenvalue weighted by Crippen LogP contribution is -2.37. The average molecular weight is 351 g/mol. The van der Waals surface area contributed by atoms with Gasteiger partial charge in [0, 0.05) is 0 Å². The van der Waals surface area contributed by atoms with E-state index in [1.807, 2.05) is 18.2 Å². The topological polar surface area (TPSA) is 40.5 Å². The van der Waals surface area contributed by atoms with Crippen molar-refractivity contribution in [2.24, 2.45) is 5.92 Å². The van der Waals surface area contributed by atoms with Crippen LogP contribution < -0.4 is 0 Å². The van der Waals surface area contributed by atoms with Gasteiger partial charge in [-0.3, -0.25) is 4.90 Å². The minimum atomic E-state index is -0.871. The SMILES string of the molecule is CCCCC1CCN(C(c2ccccc2)c2ccc(C(=O)O)cc2)CC1. The number of aromatic carboxylic acids is 1. The van der Waals surface area contributed by atoms with E-state index in [9.17, 15) is 4.79 Å². The van der Waals surface area contributed by atoms with Gasteiger partial charge in [0.15, 0.2) is 0 Å². The summed E-state index contributed by atoms with van der Waals surface area (Å²) in [5.41, 5.74) is 2.80. The molecule has 1 heterocycles. The van der Waals surface area contributed by atoms with E-state index in [-0.39, 0.29) is 6.04 Å². The Labute approximate surface area is 156 Å². The average Bonchev–Trinajstić information content (AvgIpc) is 2.69. The zero-order valence-corrected chi connectivity index (χ0v) is 15.6. The number of hydrogen-bond donors (Lipinski definition) is 1. The standard InChI is InChI=1S/C23H29NO2/c1-2-3-7-18-14-16-24(17-15-18)22(19-8-5-4-6-9-19)20-10-12-21(13-11-20)23(25)26/h4-6,8-13,18,22H,2-3,7,14-17H2,1H3,(H,25,26). The van der Waals surface area contributed by atoms with Crippen LogP contribution >= 0.6 is 0 Å². The Morgan fingerprint density at radius 2 is 1.65 bits per heavy atom. The first-order valence-electron chi connectivity index (χ1n) is 9.81. The van der Waals surface area contributed by atoms with Crippen LogP contribution in [0.25, 0.3) is 0 Å². The van der Waals surface area contributed by atoms with E-state index in [1.54, 1.807) is 12.1 Å². The molecule has 0 amide bonds. The predicted molar refractivity (Wildman–Crippen MR) is 106 cm³/mol. The molecule has 2 aromatic carbocycles. The van der Waals surface area contributed by atoms with Crippen LogP contribution in [0, 0.1) is 5.92 Å². The van der Waals surface area contributed by atoms with Crippen molar-refractivity contribution in [2.75, 3.05) is 13.1 Å². The molecule has 0 bridgehead atoms.